The zero-order chi connectivity index (χ0) is 11.4. The molecule has 3 nitrogen and oxygen atoms in total. The van der Waals surface area contributed by atoms with Crippen LogP contribution in [0.5, 0.6) is 0 Å². The van der Waals surface area contributed by atoms with E-state index in [1.54, 1.807) is 18.0 Å². The minimum Gasteiger partial charge on any atom is -0.287 e. The van der Waals surface area contributed by atoms with Crippen LogP contribution in [-0.4, -0.2) is 22.0 Å². The Morgan fingerprint density at radius 1 is 1.19 bits per heavy atom. The van der Waals surface area contributed by atoms with Gasteiger partial charge in [0.15, 0.2) is 0 Å². The van der Waals surface area contributed by atoms with Crippen molar-refractivity contribution >= 4 is 17.5 Å². The average Bonchev–Trinajstić information content (AvgIpc) is 2.39. The number of thioether (sulfide) groups is 1. The molecule has 0 aliphatic rings. The third kappa shape index (κ3) is 2.28. The van der Waals surface area contributed by atoms with Gasteiger partial charge in [0, 0.05) is 22.9 Å². The zero-order valence-electron chi connectivity index (χ0n) is 8.75. The van der Waals surface area contributed by atoms with Gasteiger partial charge in [0.25, 0.3) is 0 Å². The number of nitrogens with zero attached hydrogens (tertiary/aromatic N) is 2. The highest BCUT2D eigenvalue weighted by atomic mass is 32.2. The third-order valence-electron chi connectivity index (χ3n) is 2.15. The van der Waals surface area contributed by atoms with Crippen molar-refractivity contribution < 1.29 is 4.79 Å². The average molecular weight is 230 g/mol. The summed E-state index contributed by atoms with van der Waals surface area (Å²) in [5.41, 5.74) is 1.01. The molecule has 2 aromatic rings. The van der Waals surface area contributed by atoms with E-state index in [0.29, 0.717) is 11.3 Å². The van der Waals surface area contributed by atoms with Gasteiger partial charge in [-0.2, -0.15) is 0 Å². The van der Waals surface area contributed by atoms with Crippen molar-refractivity contribution in [3.63, 3.8) is 0 Å². The Kier molecular flexibility index (Phi) is 3.31. The van der Waals surface area contributed by atoms with E-state index in [9.17, 15) is 4.79 Å². The van der Waals surface area contributed by atoms with Crippen molar-refractivity contribution in [2.45, 2.75) is 4.90 Å². The lowest BCUT2D eigenvalue weighted by Crippen LogP contribution is -2.03. The fourth-order valence-electron chi connectivity index (χ4n) is 1.31. The normalized spacial score (nSPS) is 10.1. The highest BCUT2D eigenvalue weighted by Gasteiger charge is 2.09. The van der Waals surface area contributed by atoms with E-state index < -0.39 is 0 Å². The SMILES string of the molecule is CSc1ccc(C(=O)c2cnccn2)cc1. The van der Waals surface area contributed by atoms with Crippen LogP contribution >= 0.6 is 11.8 Å². The third-order valence-corrected chi connectivity index (χ3v) is 2.89. The fourth-order valence-corrected chi connectivity index (χ4v) is 1.71. The van der Waals surface area contributed by atoms with Gasteiger partial charge in [-0.1, -0.05) is 0 Å². The molecule has 1 heterocycles. The molecule has 80 valence electrons. The molecular formula is C12H10N2OS. The standard InChI is InChI=1S/C12H10N2OS/c1-16-10-4-2-9(3-5-10)12(15)11-8-13-6-7-14-11/h2-8H,1H3. The maximum atomic E-state index is 11.9. The minimum atomic E-state index is -0.0965. The number of hydrogen-bond acceptors (Lipinski definition) is 4. The Morgan fingerprint density at radius 3 is 2.50 bits per heavy atom. The summed E-state index contributed by atoms with van der Waals surface area (Å²) in [6.45, 7) is 0. The second-order valence-corrected chi connectivity index (χ2v) is 4.03. The van der Waals surface area contributed by atoms with Crippen LogP contribution in [0.25, 0.3) is 0 Å². The first kappa shape index (κ1) is 10.8. The van der Waals surface area contributed by atoms with Crippen LogP contribution in [0.1, 0.15) is 16.1 Å². The lowest BCUT2D eigenvalue weighted by molar-refractivity contribution is 0.103. The van der Waals surface area contributed by atoms with Gasteiger partial charge in [-0.3, -0.25) is 9.78 Å². The summed E-state index contributed by atoms with van der Waals surface area (Å²) >= 11 is 1.65. The lowest BCUT2D eigenvalue weighted by Gasteiger charge is -2.00. The summed E-state index contributed by atoms with van der Waals surface area (Å²) in [4.78, 5) is 20.9. The van der Waals surface area contributed by atoms with Crippen LogP contribution in [0.3, 0.4) is 0 Å². The summed E-state index contributed by atoms with van der Waals surface area (Å²) in [6, 6.07) is 7.47. The first-order valence-electron chi connectivity index (χ1n) is 4.76. The number of benzene rings is 1. The van der Waals surface area contributed by atoms with E-state index in [-0.39, 0.29) is 5.78 Å². The van der Waals surface area contributed by atoms with Gasteiger partial charge in [-0.15, -0.1) is 11.8 Å². The van der Waals surface area contributed by atoms with Crippen molar-refractivity contribution in [2.75, 3.05) is 6.26 Å². The molecule has 0 saturated carbocycles. The number of rotatable bonds is 3. The second kappa shape index (κ2) is 4.90. The molecule has 0 aliphatic heterocycles. The molecule has 0 aliphatic carbocycles. The minimum absolute atomic E-state index is 0.0965. The van der Waals surface area contributed by atoms with Crippen LogP contribution in [0.2, 0.25) is 0 Å². The second-order valence-electron chi connectivity index (χ2n) is 3.15. The lowest BCUT2D eigenvalue weighted by atomic mass is 10.1. The van der Waals surface area contributed by atoms with Gasteiger partial charge in [-0.05, 0) is 30.5 Å². The van der Waals surface area contributed by atoms with Crippen molar-refractivity contribution in [3.8, 4) is 0 Å². The summed E-state index contributed by atoms with van der Waals surface area (Å²) in [6.07, 6.45) is 6.54. The van der Waals surface area contributed by atoms with Crippen LogP contribution in [0.15, 0.2) is 47.8 Å². The Labute approximate surface area is 97.9 Å². The van der Waals surface area contributed by atoms with E-state index in [1.807, 2.05) is 30.5 Å². The number of aromatic nitrogens is 2. The van der Waals surface area contributed by atoms with Crippen LogP contribution in [0, 0.1) is 0 Å². The zero-order valence-corrected chi connectivity index (χ0v) is 9.57. The number of hydrogen-bond donors (Lipinski definition) is 0. The molecule has 0 saturated heterocycles. The van der Waals surface area contributed by atoms with Crippen molar-refractivity contribution in [2.24, 2.45) is 0 Å². The van der Waals surface area contributed by atoms with E-state index in [4.69, 9.17) is 0 Å². The van der Waals surface area contributed by atoms with Crippen LogP contribution in [0.4, 0.5) is 0 Å². The van der Waals surface area contributed by atoms with Crippen molar-refractivity contribution in [1.82, 2.24) is 9.97 Å². The number of carbonyl (C=O) groups excluding carboxylic acids is 1. The van der Waals surface area contributed by atoms with Gasteiger partial charge in [0.1, 0.15) is 5.69 Å². The van der Waals surface area contributed by atoms with Crippen molar-refractivity contribution in [3.05, 3.63) is 54.1 Å². The van der Waals surface area contributed by atoms with Gasteiger partial charge in [-0.25, -0.2) is 4.98 Å². The molecule has 1 aromatic heterocycles. The summed E-state index contributed by atoms with van der Waals surface area (Å²) in [5, 5.41) is 0. The highest BCUT2D eigenvalue weighted by molar-refractivity contribution is 7.98. The van der Waals surface area contributed by atoms with Gasteiger partial charge in [0.2, 0.25) is 5.78 Å². The van der Waals surface area contributed by atoms with Crippen molar-refractivity contribution in [1.29, 1.82) is 0 Å². The quantitative estimate of drug-likeness (QED) is 0.600. The highest BCUT2D eigenvalue weighted by Crippen LogP contribution is 2.16. The summed E-state index contributed by atoms with van der Waals surface area (Å²) < 4.78 is 0. The van der Waals surface area contributed by atoms with E-state index in [2.05, 4.69) is 9.97 Å². The van der Waals surface area contributed by atoms with Gasteiger partial charge in [0.05, 0.1) is 6.20 Å². The van der Waals surface area contributed by atoms with Crippen LogP contribution < -0.4 is 0 Å². The number of carbonyl (C=O) groups is 1. The molecule has 0 atom stereocenters. The largest absolute Gasteiger partial charge is 0.287 e. The monoisotopic (exact) mass is 230 g/mol. The predicted molar refractivity (Wildman–Crippen MR) is 63.7 cm³/mol. The molecule has 0 amide bonds. The van der Waals surface area contributed by atoms with E-state index >= 15 is 0 Å². The molecule has 1 aromatic carbocycles. The molecule has 16 heavy (non-hydrogen) atoms. The molecule has 4 heteroatoms. The van der Waals surface area contributed by atoms with E-state index in [0.717, 1.165) is 4.90 Å². The van der Waals surface area contributed by atoms with Gasteiger partial charge < -0.3 is 0 Å². The Balaban J connectivity index is 2.28. The molecule has 0 fully saturated rings. The van der Waals surface area contributed by atoms with E-state index in [1.165, 1.54) is 12.4 Å². The first-order valence-corrected chi connectivity index (χ1v) is 5.98. The summed E-state index contributed by atoms with van der Waals surface area (Å²) in [5.74, 6) is -0.0965. The topological polar surface area (TPSA) is 42.9 Å². The predicted octanol–water partition coefficient (Wildman–Crippen LogP) is 2.43. The first-order chi connectivity index (χ1) is 7.81. The molecule has 0 radical (unpaired) electrons. The molecule has 0 N–H and O–H groups in total. The maximum absolute atomic E-state index is 11.9. The Hall–Kier alpha value is -1.68. The van der Waals surface area contributed by atoms with Gasteiger partial charge >= 0.3 is 0 Å². The Morgan fingerprint density at radius 2 is 1.94 bits per heavy atom. The Bertz CT molecular complexity index is 482. The fraction of sp³-hybridized carbons (Fsp3) is 0.0833. The maximum Gasteiger partial charge on any atom is 0.212 e. The smallest absolute Gasteiger partial charge is 0.212 e. The summed E-state index contributed by atoms with van der Waals surface area (Å²) in [7, 11) is 0. The molecule has 2 rings (SSSR count). The van der Waals surface area contributed by atoms with Crippen LogP contribution in [-0.2, 0) is 0 Å². The molecule has 0 bridgehead atoms. The molecule has 0 unspecified atom stereocenters. The number of ketones is 1. The molecule has 0 spiro atoms. The molecular weight excluding hydrogens is 220 g/mol.